The van der Waals surface area contributed by atoms with Crippen molar-refractivity contribution in [2.24, 2.45) is 0 Å². The van der Waals surface area contributed by atoms with Gasteiger partial charge in [-0.3, -0.25) is 4.68 Å². The molecule has 1 aromatic rings. The third-order valence-electron chi connectivity index (χ3n) is 1.91. The van der Waals surface area contributed by atoms with Gasteiger partial charge in [-0.15, -0.1) is 0 Å². The highest BCUT2D eigenvalue weighted by atomic mass is 35.5. The Kier molecular flexibility index (Phi) is 4.17. The Bertz CT molecular complexity index is 354. The van der Waals surface area contributed by atoms with Gasteiger partial charge in [0, 0.05) is 7.11 Å². The van der Waals surface area contributed by atoms with Gasteiger partial charge in [0.05, 0.1) is 30.1 Å². The van der Waals surface area contributed by atoms with Crippen molar-refractivity contribution in [1.82, 2.24) is 9.78 Å². The average molecular weight is 259 g/mol. The molecule has 1 aromatic heterocycles. The number of ether oxygens (including phenoxy) is 1. The normalized spacial score (nSPS) is 14.1. The van der Waals surface area contributed by atoms with Crippen LogP contribution in [0.2, 0.25) is 5.02 Å². The predicted octanol–water partition coefficient (Wildman–Crippen LogP) is 1.78. The summed E-state index contributed by atoms with van der Waals surface area (Å²) in [5.41, 5.74) is -0.466. The molecule has 0 saturated carbocycles. The van der Waals surface area contributed by atoms with E-state index in [1.165, 1.54) is 7.11 Å². The fraction of sp³-hybridized carbons (Fsp3) is 0.625. The van der Waals surface area contributed by atoms with Crippen LogP contribution in [0.3, 0.4) is 0 Å². The third kappa shape index (κ3) is 2.87. The number of aromatic nitrogens is 2. The van der Waals surface area contributed by atoms with Crippen LogP contribution in [0.15, 0.2) is 6.20 Å². The lowest BCUT2D eigenvalue weighted by Crippen LogP contribution is -2.24. The molecule has 16 heavy (non-hydrogen) atoms. The molecular weight excluding hydrogens is 249 g/mol. The molecule has 0 amide bonds. The lowest BCUT2D eigenvalue weighted by molar-refractivity contribution is -0.208. The molecule has 4 nitrogen and oxygen atoms in total. The lowest BCUT2D eigenvalue weighted by Gasteiger charge is -2.16. The molecule has 0 saturated heterocycles. The molecule has 1 N–H and O–H groups in total. The Labute approximate surface area is 94.6 Å². The van der Waals surface area contributed by atoms with E-state index in [4.69, 9.17) is 21.4 Å². The lowest BCUT2D eigenvalue weighted by atomic mass is 10.2. The summed E-state index contributed by atoms with van der Waals surface area (Å²) in [6.07, 6.45) is -6.35. The van der Waals surface area contributed by atoms with Crippen molar-refractivity contribution in [3.05, 3.63) is 16.9 Å². The second kappa shape index (κ2) is 5.03. The number of aliphatic hydroxyl groups excluding tert-OH is 1. The number of aliphatic hydroxyl groups is 1. The van der Waals surface area contributed by atoms with Crippen molar-refractivity contribution in [2.45, 2.75) is 18.8 Å². The molecule has 8 heteroatoms. The van der Waals surface area contributed by atoms with Crippen molar-refractivity contribution in [3.63, 3.8) is 0 Å². The molecule has 0 aliphatic rings. The van der Waals surface area contributed by atoms with E-state index in [9.17, 15) is 13.2 Å². The molecule has 0 aromatic carbocycles. The number of alkyl halides is 3. The van der Waals surface area contributed by atoms with Crippen LogP contribution in [0.25, 0.3) is 0 Å². The number of nitrogens with zero attached hydrogens (tertiary/aromatic N) is 2. The SMILES string of the molecule is COCCn1ncc(Cl)c1[C@@H](O)C(F)(F)F. The first-order chi connectivity index (χ1) is 7.38. The summed E-state index contributed by atoms with van der Waals surface area (Å²) in [5.74, 6) is 0. The van der Waals surface area contributed by atoms with Crippen LogP contribution < -0.4 is 0 Å². The summed E-state index contributed by atoms with van der Waals surface area (Å²) in [6.45, 7) is 0.265. The molecule has 0 aliphatic heterocycles. The quantitative estimate of drug-likeness (QED) is 0.896. The van der Waals surface area contributed by atoms with Crippen molar-refractivity contribution < 1.29 is 23.0 Å². The van der Waals surface area contributed by atoms with Gasteiger partial charge in [-0.1, -0.05) is 11.6 Å². The maximum atomic E-state index is 12.3. The van der Waals surface area contributed by atoms with Crippen molar-refractivity contribution in [2.75, 3.05) is 13.7 Å². The molecule has 0 spiro atoms. The van der Waals surface area contributed by atoms with Gasteiger partial charge in [0.15, 0.2) is 6.10 Å². The highest BCUT2D eigenvalue weighted by Gasteiger charge is 2.42. The van der Waals surface area contributed by atoms with Crippen LogP contribution >= 0.6 is 11.6 Å². The van der Waals surface area contributed by atoms with E-state index in [0.29, 0.717) is 0 Å². The first kappa shape index (κ1) is 13.3. The van der Waals surface area contributed by atoms with Crippen LogP contribution in [0.5, 0.6) is 0 Å². The Morgan fingerprint density at radius 1 is 1.62 bits per heavy atom. The van der Waals surface area contributed by atoms with Crippen LogP contribution in [0.1, 0.15) is 11.8 Å². The summed E-state index contributed by atoms with van der Waals surface area (Å²) in [6, 6.07) is 0. The zero-order valence-corrected chi connectivity index (χ0v) is 9.09. The molecule has 1 atom stereocenters. The number of rotatable bonds is 4. The Morgan fingerprint density at radius 3 is 2.75 bits per heavy atom. The molecule has 92 valence electrons. The maximum absolute atomic E-state index is 12.3. The monoisotopic (exact) mass is 258 g/mol. The molecule has 0 aliphatic carbocycles. The van der Waals surface area contributed by atoms with Crippen molar-refractivity contribution in [3.8, 4) is 0 Å². The van der Waals surface area contributed by atoms with Crippen LogP contribution in [0.4, 0.5) is 13.2 Å². The minimum absolute atomic E-state index is 0.0890. The summed E-state index contributed by atoms with van der Waals surface area (Å²) in [4.78, 5) is 0. The summed E-state index contributed by atoms with van der Waals surface area (Å²) < 4.78 is 42.6. The van der Waals surface area contributed by atoms with Gasteiger partial charge < -0.3 is 9.84 Å². The fourth-order valence-electron chi connectivity index (χ4n) is 1.15. The first-order valence-electron chi connectivity index (χ1n) is 4.33. The standard InChI is InChI=1S/C8H10ClF3N2O2/c1-16-3-2-14-6(5(9)4-13-14)7(15)8(10,11)12/h4,7,15H,2-3H2,1H3/t7-/m1/s1. The van der Waals surface area contributed by atoms with Gasteiger partial charge in [-0.05, 0) is 0 Å². The summed E-state index contributed by atoms with van der Waals surface area (Å²) >= 11 is 5.54. The zero-order valence-electron chi connectivity index (χ0n) is 8.33. The maximum Gasteiger partial charge on any atom is 0.420 e. The van der Waals surface area contributed by atoms with Crippen molar-refractivity contribution >= 4 is 11.6 Å². The number of halogens is 4. The predicted molar refractivity (Wildman–Crippen MR) is 50.1 cm³/mol. The van der Waals surface area contributed by atoms with E-state index in [2.05, 4.69) is 5.10 Å². The van der Waals surface area contributed by atoms with Crippen molar-refractivity contribution in [1.29, 1.82) is 0 Å². The Hall–Kier alpha value is -0.790. The van der Waals surface area contributed by atoms with Crippen LogP contribution in [-0.2, 0) is 11.3 Å². The van der Waals surface area contributed by atoms with E-state index in [-0.39, 0.29) is 18.2 Å². The van der Waals surface area contributed by atoms with Gasteiger partial charge in [-0.2, -0.15) is 18.3 Å². The van der Waals surface area contributed by atoms with Gasteiger partial charge in [0.1, 0.15) is 0 Å². The molecular formula is C8H10ClF3N2O2. The van der Waals surface area contributed by atoms with E-state index < -0.39 is 18.0 Å². The van der Waals surface area contributed by atoms with E-state index in [1.54, 1.807) is 0 Å². The fourth-order valence-corrected chi connectivity index (χ4v) is 1.40. The molecule has 0 bridgehead atoms. The van der Waals surface area contributed by atoms with E-state index in [1.807, 2.05) is 0 Å². The largest absolute Gasteiger partial charge is 0.420 e. The molecule has 0 radical (unpaired) electrons. The molecule has 1 rings (SSSR count). The smallest absolute Gasteiger partial charge is 0.383 e. The molecule has 0 unspecified atom stereocenters. The Balaban J connectivity index is 2.97. The minimum atomic E-state index is -4.77. The minimum Gasteiger partial charge on any atom is -0.383 e. The van der Waals surface area contributed by atoms with Gasteiger partial charge in [-0.25, -0.2) is 0 Å². The van der Waals surface area contributed by atoms with Gasteiger partial charge in [0.2, 0.25) is 0 Å². The van der Waals surface area contributed by atoms with E-state index >= 15 is 0 Å². The summed E-state index contributed by atoms with van der Waals surface area (Å²) in [5, 5.41) is 12.5. The number of hydrogen-bond donors (Lipinski definition) is 1. The second-order valence-corrected chi connectivity index (χ2v) is 3.45. The highest BCUT2D eigenvalue weighted by molar-refractivity contribution is 6.31. The van der Waals surface area contributed by atoms with Crippen LogP contribution in [0, 0.1) is 0 Å². The molecule has 0 fully saturated rings. The zero-order chi connectivity index (χ0) is 12.3. The van der Waals surface area contributed by atoms with Crippen LogP contribution in [-0.4, -0.2) is 34.8 Å². The molecule has 1 heterocycles. The van der Waals surface area contributed by atoms with Gasteiger partial charge >= 0.3 is 6.18 Å². The third-order valence-corrected chi connectivity index (χ3v) is 2.20. The second-order valence-electron chi connectivity index (χ2n) is 3.04. The Morgan fingerprint density at radius 2 is 2.25 bits per heavy atom. The topological polar surface area (TPSA) is 47.3 Å². The average Bonchev–Trinajstić information content (AvgIpc) is 2.54. The number of methoxy groups -OCH3 is 1. The summed E-state index contributed by atoms with van der Waals surface area (Å²) in [7, 11) is 1.41. The van der Waals surface area contributed by atoms with Gasteiger partial charge in [0.25, 0.3) is 0 Å². The highest BCUT2D eigenvalue weighted by Crippen LogP contribution is 2.35. The first-order valence-corrected chi connectivity index (χ1v) is 4.70. The van der Waals surface area contributed by atoms with E-state index in [0.717, 1.165) is 10.9 Å². The number of hydrogen-bond acceptors (Lipinski definition) is 3.